The summed E-state index contributed by atoms with van der Waals surface area (Å²) in [7, 11) is 2.47. The lowest BCUT2D eigenvalue weighted by Gasteiger charge is -2.49. The molecular formula is C50H40N4O13S4. The van der Waals surface area contributed by atoms with Crippen LogP contribution < -0.4 is 24.8 Å². The first kappa shape index (κ1) is 46.3. The summed E-state index contributed by atoms with van der Waals surface area (Å²) < 4.78 is 35.8. The summed E-state index contributed by atoms with van der Waals surface area (Å²) >= 11 is 5.69. The average molecular weight is 1030 g/mol. The highest BCUT2D eigenvalue weighted by Gasteiger charge is 2.57. The van der Waals surface area contributed by atoms with Crippen molar-refractivity contribution < 1.29 is 62.0 Å². The van der Waals surface area contributed by atoms with Crippen LogP contribution in [-0.4, -0.2) is 113 Å². The molecule has 2 fully saturated rings. The second-order valence-corrected chi connectivity index (χ2v) is 21.2. The van der Waals surface area contributed by atoms with Gasteiger partial charge < -0.3 is 39.1 Å². The number of fused-ring (bicyclic) bond motifs is 8. The topological polar surface area (TPSA) is 205 Å². The number of methoxy groups -OCH3 is 2. The van der Waals surface area contributed by atoms with E-state index in [1.165, 1.54) is 70.2 Å². The Kier molecular flexibility index (Phi) is 12.1. The molecule has 11 rings (SSSR count). The zero-order valence-corrected chi connectivity index (χ0v) is 40.9. The summed E-state index contributed by atoms with van der Waals surface area (Å²) in [4.78, 5) is 97.2. The minimum Gasteiger partial charge on any atom is -0.489 e. The van der Waals surface area contributed by atoms with Gasteiger partial charge in [0.05, 0.1) is 32.6 Å². The van der Waals surface area contributed by atoms with Gasteiger partial charge in [-0.15, -0.1) is 46.2 Å². The van der Waals surface area contributed by atoms with E-state index < -0.39 is 58.2 Å². The highest BCUT2D eigenvalue weighted by molar-refractivity contribution is 8.00. The minimum absolute atomic E-state index is 0.0600. The van der Waals surface area contributed by atoms with E-state index in [1.807, 2.05) is 47.2 Å². The lowest BCUT2D eigenvalue weighted by atomic mass is 9.77. The molecule has 0 aliphatic carbocycles. The van der Waals surface area contributed by atoms with Crippen LogP contribution in [-0.2, 0) is 61.4 Å². The fourth-order valence-corrected chi connectivity index (χ4v) is 13.6. The van der Waals surface area contributed by atoms with Gasteiger partial charge in [-0.1, -0.05) is 30.3 Å². The van der Waals surface area contributed by atoms with E-state index in [1.54, 1.807) is 48.5 Å². The molecule has 0 saturated carbocycles. The second kappa shape index (κ2) is 18.6. The lowest BCUT2D eigenvalue weighted by molar-refractivity contribution is -0.151. The molecule has 5 aromatic rings. The molecule has 71 heavy (non-hydrogen) atoms. The number of β-lactam (4-membered cyclic amide) rings is 2. The normalized spacial score (nSPS) is 22.4. The lowest BCUT2D eigenvalue weighted by Crippen LogP contribution is -2.70. The summed E-state index contributed by atoms with van der Waals surface area (Å²) in [6, 6.07) is 23.1. The molecular weight excluding hydrogens is 993 g/mol. The Labute approximate surface area is 421 Å². The predicted molar refractivity (Wildman–Crippen MR) is 260 cm³/mol. The molecule has 2 aromatic heterocycles. The van der Waals surface area contributed by atoms with Gasteiger partial charge in [0.15, 0.2) is 5.60 Å². The standard InChI is InChI=1S/C50H40N4O13S4/c1-62-48(60)41-25(23-70-45-39(43(57)53(41)45)51-37(55)19-29-7-5-15-68-29)21-64-27-11-13-33-35(17-27)66-36-18-28(12-14-34(36)50(33)32-10-4-3-9-31(32)47(59)67-50)65-22-26-24-71-46-40(44(58)54(46)42(26)49(61)63-2)52-38(56)20-30-8-6-16-69-30/h3-18,39-40,45-46H,19-24H2,1-2H3,(H,51,55)(H,52,56). The monoisotopic (exact) mass is 1030 g/mol. The van der Waals surface area contributed by atoms with Crippen molar-refractivity contribution in [1.82, 2.24) is 20.4 Å². The van der Waals surface area contributed by atoms with E-state index in [0.717, 1.165) is 9.75 Å². The molecule has 0 radical (unpaired) electrons. The predicted octanol–water partition coefficient (Wildman–Crippen LogP) is 5.27. The van der Waals surface area contributed by atoms with Crippen molar-refractivity contribution >= 4 is 87.7 Å². The number of rotatable bonds is 14. The van der Waals surface area contributed by atoms with Gasteiger partial charge in [0.2, 0.25) is 11.8 Å². The number of amides is 4. The van der Waals surface area contributed by atoms with E-state index in [-0.39, 0.29) is 49.3 Å². The maximum Gasteiger partial charge on any atom is 0.354 e. The van der Waals surface area contributed by atoms with Crippen molar-refractivity contribution in [3.8, 4) is 23.0 Å². The first-order valence-electron chi connectivity index (χ1n) is 22.2. The number of ether oxygens (including phenoxy) is 6. The Bertz CT molecular complexity index is 2960. The van der Waals surface area contributed by atoms with Gasteiger partial charge in [0.1, 0.15) is 70.4 Å². The van der Waals surface area contributed by atoms with Crippen LogP contribution in [0.1, 0.15) is 36.8 Å². The SMILES string of the molecule is COC(=O)C1=C(COc2ccc3c(c2)Oc2cc(OCC4=C(C(=O)OC)N5C(=O)C(NC(=O)Cc6cccs6)C5SC4)ccc2C32OC(=O)c3ccccc32)CSC2C(NC(=O)Cc3cccs3)C(=O)N12. The summed E-state index contributed by atoms with van der Waals surface area (Å²) in [6.45, 7) is -0.202. The van der Waals surface area contributed by atoms with Crippen LogP contribution in [0.4, 0.5) is 0 Å². The molecule has 4 unspecified atom stereocenters. The number of carbonyl (C=O) groups excluding carboxylic acids is 7. The third-order valence-corrected chi connectivity index (χ3v) is 17.2. The van der Waals surface area contributed by atoms with Gasteiger partial charge in [0.25, 0.3) is 11.8 Å². The Morgan fingerprint density at radius 1 is 0.648 bits per heavy atom. The molecule has 4 atom stereocenters. The van der Waals surface area contributed by atoms with Crippen molar-refractivity contribution in [2.45, 2.75) is 41.3 Å². The van der Waals surface area contributed by atoms with Crippen LogP contribution in [0.25, 0.3) is 0 Å². The smallest absolute Gasteiger partial charge is 0.354 e. The summed E-state index contributed by atoms with van der Waals surface area (Å²) in [5.41, 5.74) is 1.72. The fraction of sp³-hybridized carbons (Fsp3) is 0.260. The number of thiophene rings is 2. The zero-order valence-electron chi connectivity index (χ0n) is 37.6. The molecule has 362 valence electrons. The van der Waals surface area contributed by atoms with E-state index in [2.05, 4.69) is 10.6 Å². The van der Waals surface area contributed by atoms with Crippen LogP contribution in [0, 0.1) is 0 Å². The number of carbonyl (C=O) groups is 7. The number of benzene rings is 3. The molecule has 8 heterocycles. The molecule has 6 aliphatic rings. The van der Waals surface area contributed by atoms with Crippen LogP contribution >= 0.6 is 46.2 Å². The van der Waals surface area contributed by atoms with Crippen LogP contribution in [0.5, 0.6) is 23.0 Å². The molecule has 1 spiro atoms. The summed E-state index contributed by atoms with van der Waals surface area (Å²) in [6.07, 6.45) is 0.281. The fourth-order valence-electron chi connectivity index (χ4n) is 9.51. The maximum absolute atomic E-state index is 13.6. The molecule has 2 saturated heterocycles. The number of nitrogens with one attached hydrogen (secondary N) is 2. The number of hydrogen-bond acceptors (Lipinski definition) is 17. The molecule has 0 bridgehead atoms. The maximum atomic E-state index is 13.6. The van der Waals surface area contributed by atoms with E-state index in [4.69, 9.17) is 28.4 Å². The van der Waals surface area contributed by atoms with E-state index in [0.29, 0.717) is 67.9 Å². The zero-order chi connectivity index (χ0) is 49.1. The number of hydrogen-bond donors (Lipinski definition) is 2. The first-order chi connectivity index (χ1) is 34.5. The van der Waals surface area contributed by atoms with Crippen molar-refractivity contribution in [2.24, 2.45) is 0 Å². The molecule has 4 amide bonds. The third kappa shape index (κ3) is 8.00. The molecule has 3 aromatic carbocycles. The highest BCUT2D eigenvalue weighted by Crippen LogP contribution is 2.57. The molecule has 2 N–H and O–H groups in total. The Morgan fingerprint density at radius 2 is 1.14 bits per heavy atom. The highest BCUT2D eigenvalue weighted by atomic mass is 32.2. The van der Waals surface area contributed by atoms with Gasteiger partial charge in [-0.2, -0.15) is 0 Å². The number of thioether (sulfide) groups is 2. The van der Waals surface area contributed by atoms with E-state index in [9.17, 15) is 33.6 Å². The van der Waals surface area contributed by atoms with Gasteiger partial charge in [0, 0.05) is 61.2 Å². The van der Waals surface area contributed by atoms with Gasteiger partial charge in [-0.3, -0.25) is 29.0 Å². The quantitative estimate of drug-likeness (QED) is 0.0826. The third-order valence-electron chi connectivity index (χ3n) is 12.8. The van der Waals surface area contributed by atoms with Crippen LogP contribution in [0.15, 0.2) is 118 Å². The summed E-state index contributed by atoms with van der Waals surface area (Å²) in [5.74, 6) is -1.50. The van der Waals surface area contributed by atoms with Gasteiger partial charge >= 0.3 is 17.9 Å². The summed E-state index contributed by atoms with van der Waals surface area (Å²) in [5, 5.41) is 8.39. The Hall–Kier alpha value is -7.07. The minimum atomic E-state index is -1.43. The van der Waals surface area contributed by atoms with Crippen molar-refractivity contribution in [2.75, 3.05) is 38.9 Å². The average Bonchev–Trinajstić information content (AvgIpc) is 4.17. The molecule has 6 aliphatic heterocycles. The Morgan fingerprint density at radius 3 is 1.61 bits per heavy atom. The Balaban J connectivity index is 0.837. The van der Waals surface area contributed by atoms with Crippen LogP contribution in [0.2, 0.25) is 0 Å². The molecule has 17 nitrogen and oxygen atoms in total. The number of esters is 3. The first-order valence-corrected chi connectivity index (χ1v) is 26.0. The number of nitrogens with zero attached hydrogens (tertiary/aromatic N) is 2. The largest absolute Gasteiger partial charge is 0.489 e. The van der Waals surface area contributed by atoms with Crippen molar-refractivity contribution in [3.63, 3.8) is 0 Å². The van der Waals surface area contributed by atoms with Crippen molar-refractivity contribution in [1.29, 1.82) is 0 Å². The van der Waals surface area contributed by atoms with Crippen molar-refractivity contribution in [3.05, 3.63) is 150 Å². The molecule has 21 heteroatoms. The van der Waals surface area contributed by atoms with Gasteiger partial charge in [-0.25, -0.2) is 14.4 Å². The second-order valence-electron chi connectivity index (χ2n) is 16.9. The van der Waals surface area contributed by atoms with E-state index >= 15 is 0 Å². The van der Waals surface area contributed by atoms with Gasteiger partial charge in [-0.05, 0) is 53.2 Å². The van der Waals surface area contributed by atoms with Crippen LogP contribution in [0.3, 0.4) is 0 Å².